The summed E-state index contributed by atoms with van der Waals surface area (Å²) < 4.78 is 1.98. The summed E-state index contributed by atoms with van der Waals surface area (Å²) in [4.78, 5) is 8.55. The summed E-state index contributed by atoms with van der Waals surface area (Å²) in [5, 5.41) is 7.89. The molecule has 5 heteroatoms. The van der Waals surface area contributed by atoms with Gasteiger partial charge in [-0.2, -0.15) is 5.10 Å². The van der Waals surface area contributed by atoms with Gasteiger partial charge in [-0.1, -0.05) is 13.8 Å². The number of aryl methyl sites for hydroxylation is 1. The number of nitrogens with zero attached hydrogens (tertiary/aromatic N) is 4. The lowest BCUT2D eigenvalue weighted by atomic mass is 10.1. The summed E-state index contributed by atoms with van der Waals surface area (Å²) in [7, 11) is 0. The van der Waals surface area contributed by atoms with Gasteiger partial charge in [0.15, 0.2) is 0 Å². The molecule has 2 heterocycles. The molecule has 2 aromatic heterocycles. The smallest absolute Gasteiger partial charge is 0.0802 e. The van der Waals surface area contributed by atoms with Crippen LogP contribution in [0.5, 0.6) is 0 Å². The Morgan fingerprint density at radius 1 is 1.21 bits per heavy atom. The van der Waals surface area contributed by atoms with Crippen LogP contribution >= 0.6 is 0 Å². The van der Waals surface area contributed by atoms with E-state index in [2.05, 4.69) is 40.4 Å². The Morgan fingerprint density at radius 3 is 2.79 bits per heavy atom. The molecule has 0 aliphatic carbocycles. The molecule has 0 radical (unpaired) electrons. The Labute approximate surface area is 114 Å². The number of rotatable bonds is 7. The molecular weight excluding hydrogens is 238 g/mol. The van der Waals surface area contributed by atoms with Crippen LogP contribution in [0.1, 0.15) is 44.0 Å². The van der Waals surface area contributed by atoms with E-state index < -0.39 is 0 Å². The van der Waals surface area contributed by atoms with E-state index in [4.69, 9.17) is 0 Å². The van der Waals surface area contributed by atoms with Gasteiger partial charge in [-0.3, -0.25) is 14.6 Å². The number of hydrogen-bond acceptors (Lipinski definition) is 4. The predicted molar refractivity (Wildman–Crippen MR) is 74.7 cm³/mol. The lowest BCUT2D eigenvalue weighted by Gasteiger charge is -2.15. The highest BCUT2D eigenvalue weighted by molar-refractivity contribution is 5.21. The van der Waals surface area contributed by atoms with E-state index in [9.17, 15) is 0 Å². The zero-order chi connectivity index (χ0) is 13.5. The van der Waals surface area contributed by atoms with Gasteiger partial charge in [0, 0.05) is 30.7 Å². The fraction of sp³-hybridized carbons (Fsp3) is 0.500. The Kier molecular flexibility index (Phi) is 5.03. The minimum atomic E-state index is 0.0688. The van der Waals surface area contributed by atoms with Gasteiger partial charge in [-0.25, -0.2) is 0 Å². The van der Waals surface area contributed by atoms with Crippen LogP contribution in [0.25, 0.3) is 0 Å². The Morgan fingerprint density at radius 2 is 2.11 bits per heavy atom. The molecule has 0 aromatic carbocycles. The van der Waals surface area contributed by atoms with Crippen molar-refractivity contribution < 1.29 is 0 Å². The normalized spacial score (nSPS) is 12.5. The SMILES string of the molecule is CCCNC(c1cnn(CCC)c1)c1cnccn1. The standard InChI is InChI=1S/C14H21N5/c1-3-5-17-14(13-10-15-6-7-16-13)12-9-18-19(11-12)8-4-2/h6-7,9-11,14,17H,3-5,8H2,1-2H3. The molecule has 0 aliphatic heterocycles. The largest absolute Gasteiger partial charge is 0.305 e. The van der Waals surface area contributed by atoms with Crippen LogP contribution in [0.3, 0.4) is 0 Å². The van der Waals surface area contributed by atoms with Gasteiger partial charge in [0.25, 0.3) is 0 Å². The van der Waals surface area contributed by atoms with E-state index in [1.165, 1.54) is 0 Å². The molecule has 0 bridgehead atoms. The summed E-state index contributed by atoms with van der Waals surface area (Å²) in [6.07, 6.45) is 11.4. The zero-order valence-electron chi connectivity index (χ0n) is 11.6. The highest BCUT2D eigenvalue weighted by Crippen LogP contribution is 2.19. The average molecular weight is 259 g/mol. The quantitative estimate of drug-likeness (QED) is 0.828. The van der Waals surface area contributed by atoms with Crippen molar-refractivity contribution in [2.45, 2.75) is 39.3 Å². The van der Waals surface area contributed by atoms with Crippen LogP contribution < -0.4 is 5.32 Å². The van der Waals surface area contributed by atoms with Gasteiger partial charge in [-0.05, 0) is 19.4 Å². The molecule has 0 amide bonds. The van der Waals surface area contributed by atoms with Crippen molar-refractivity contribution in [3.05, 3.63) is 42.2 Å². The topological polar surface area (TPSA) is 55.6 Å². The molecule has 5 nitrogen and oxygen atoms in total. The molecular formula is C14H21N5. The van der Waals surface area contributed by atoms with Gasteiger partial charge < -0.3 is 5.32 Å². The molecule has 2 rings (SSSR count). The summed E-state index contributed by atoms with van der Waals surface area (Å²) in [5.74, 6) is 0. The molecule has 0 saturated heterocycles. The summed E-state index contributed by atoms with van der Waals surface area (Å²) in [6.45, 7) is 6.19. The third kappa shape index (κ3) is 3.61. The van der Waals surface area contributed by atoms with Crippen molar-refractivity contribution in [1.82, 2.24) is 25.1 Å². The van der Waals surface area contributed by atoms with Crippen LogP contribution in [0, 0.1) is 0 Å². The fourth-order valence-corrected chi connectivity index (χ4v) is 2.02. The summed E-state index contributed by atoms with van der Waals surface area (Å²) in [6, 6.07) is 0.0688. The first-order valence-corrected chi connectivity index (χ1v) is 6.86. The van der Waals surface area contributed by atoms with Crippen molar-refractivity contribution in [2.75, 3.05) is 6.54 Å². The first-order chi connectivity index (χ1) is 9.35. The molecule has 1 N–H and O–H groups in total. The monoisotopic (exact) mass is 259 g/mol. The molecule has 0 aliphatic rings. The second-order valence-electron chi connectivity index (χ2n) is 4.55. The molecule has 1 unspecified atom stereocenters. The highest BCUT2D eigenvalue weighted by atomic mass is 15.3. The first kappa shape index (κ1) is 13.7. The number of hydrogen-bond donors (Lipinski definition) is 1. The second-order valence-corrected chi connectivity index (χ2v) is 4.55. The lowest BCUT2D eigenvalue weighted by molar-refractivity contribution is 0.578. The van der Waals surface area contributed by atoms with Crippen LogP contribution in [-0.2, 0) is 6.54 Å². The average Bonchev–Trinajstić information content (AvgIpc) is 2.89. The van der Waals surface area contributed by atoms with Crippen molar-refractivity contribution >= 4 is 0 Å². The summed E-state index contributed by atoms with van der Waals surface area (Å²) >= 11 is 0. The van der Waals surface area contributed by atoms with E-state index in [0.29, 0.717) is 0 Å². The van der Waals surface area contributed by atoms with Gasteiger partial charge in [0.1, 0.15) is 0 Å². The minimum absolute atomic E-state index is 0.0688. The van der Waals surface area contributed by atoms with E-state index in [1.54, 1.807) is 12.4 Å². The lowest BCUT2D eigenvalue weighted by Crippen LogP contribution is -2.23. The zero-order valence-corrected chi connectivity index (χ0v) is 11.6. The Hall–Kier alpha value is -1.75. The molecule has 0 fully saturated rings. The molecule has 1 atom stereocenters. The van der Waals surface area contributed by atoms with E-state index in [0.717, 1.165) is 37.2 Å². The Balaban J connectivity index is 2.21. The Bertz CT molecular complexity index is 480. The number of aromatic nitrogens is 4. The van der Waals surface area contributed by atoms with Crippen molar-refractivity contribution in [3.63, 3.8) is 0 Å². The molecule has 2 aromatic rings. The van der Waals surface area contributed by atoms with Gasteiger partial charge in [0.05, 0.1) is 24.1 Å². The van der Waals surface area contributed by atoms with E-state index in [-0.39, 0.29) is 6.04 Å². The maximum atomic E-state index is 4.40. The van der Waals surface area contributed by atoms with Crippen LogP contribution in [0.4, 0.5) is 0 Å². The maximum Gasteiger partial charge on any atom is 0.0802 e. The second kappa shape index (κ2) is 6.99. The predicted octanol–water partition coefficient (Wildman–Crippen LogP) is 2.17. The van der Waals surface area contributed by atoms with E-state index >= 15 is 0 Å². The van der Waals surface area contributed by atoms with Gasteiger partial charge in [-0.15, -0.1) is 0 Å². The fourth-order valence-electron chi connectivity index (χ4n) is 2.02. The molecule has 102 valence electrons. The molecule has 19 heavy (non-hydrogen) atoms. The summed E-state index contributed by atoms with van der Waals surface area (Å²) in [5.41, 5.74) is 2.08. The van der Waals surface area contributed by atoms with E-state index in [1.807, 2.05) is 17.1 Å². The maximum absolute atomic E-state index is 4.40. The van der Waals surface area contributed by atoms with Gasteiger partial charge >= 0.3 is 0 Å². The highest BCUT2D eigenvalue weighted by Gasteiger charge is 2.16. The minimum Gasteiger partial charge on any atom is -0.305 e. The van der Waals surface area contributed by atoms with Crippen LogP contribution in [0.2, 0.25) is 0 Å². The van der Waals surface area contributed by atoms with Crippen molar-refractivity contribution in [3.8, 4) is 0 Å². The van der Waals surface area contributed by atoms with Gasteiger partial charge in [0.2, 0.25) is 0 Å². The first-order valence-electron chi connectivity index (χ1n) is 6.86. The third-order valence-corrected chi connectivity index (χ3v) is 2.92. The third-order valence-electron chi connectivity index (χ3n) is 2.92. The van der Waals surface area contributed by atoms with Crippen molar-refractivity contribution in [2.24, 2.45) is 0 Å². The van der Waals surface area contributed by atoms with Crippen molar-refractivity contribution in [1.29, 1.82) is 0 Å². The molecule has 0 spiro atoms. The molecule has 0 saturated carbocycles. The van der Waals surface area contributed by atoms with Crippen LogP contribution in [-0.4, -0.2) is 26.3 Å². The number of nitrogens with one attached hydrogen (secondary N) is 1. The van der Waals surface area contributed by atoms with Crippen LogP contribution in [0.15, 0.2) is 31.0 Å².